The van der Waals surface area contributed by atoms with Gasteiger partial charge in [-0.15, -0.1) is 0 Å². The molecule has 31 heavy (non-hydrogen) atoms. The number of fused-ring (bicyclic) bond motifs is 2. The third-order valence-corrected chi connectivity index (χ3v) is 5.86. The summed E-state index contributed by atoms with van der Waals surface area (Å²) in [4.78, 5) is 31.5. The Labute approximate surface area is 179 Å². The molecule has 11 heteroatoms. The second kappa shape index (κ2) is 8.03. The van der Waals surface area contributed by atoms with Crippen molar-refractivity contribution in [2.24, 2.45) is 0 Å². The van der Waals surface area contributed by atoms with Gasteiger partial charge in [0, 0.05) is 23.2 Å². The van der Waals surface area contributed by atoms with E-state index in [0.717, 1.165) is 0 Å². The Morgan fingerprint density at radius 1 is 0.806 bits per heavy atom. The largest absolute Gasteiger partial charge is 0.495 e. The van der Waals surface area contributed by atoms with E-state index in [0.29, 0.717) is 20.6 Å². The molecule has 2 heterocycles. The van der Waals surface area contributed by atoms with Crippen molar-refractivity contribution in [1.29, 1.82) is 0 Å². The summed E-state index contributed by atoms with van der Waals surface area (Å²) in [5.41, 5.74) is 0.0520. The van der Waals surface area contributed by atoms with Crippen LogP contribution in [0.5, 0.6) is 11.5 Å². The van der Waals surface area contributed by atoms with Crippen molar-refractivity contribution in [2.45, 2.75) is 9.79 Å². The molecule has 0 aliphatic carbocycles. The number of hydrogen-bond donors (Lipinski definition) is 0. The third-order valence-electron chi connectivity index (χ3n) is 4.61. The Balaban J connectivity index is 2.03. The minimum atomic E-state index is -0.516. The zero-order valence-corrected chi connectivity index (χ0v) is 17.1. The molecule has 0 aliphatic rings. The molecule has 0 radical (unpaired) electrons. The number of benzene rings is 2. The van der Waals surface area contributed by atoms with Crippen LogP contribution in [0.4, 0.5) is 11.4 Å². The highest BCUT2D eigenvalue weighted by atomic mass is 32.2. The van der Waals surface area contributed by atoms with E-state index in [1.165, 1.54) is 50.5 Å². The van der Waals surface area contributed by atoms with Crippen LogP contribution in [0.3, 0.4) is 0 Å². The van der Waals surface area contributed by atoms with Gasteiger partial charge in [-0.2, -0.15) is 0 Å². The summed E-state index contributed by atoms with van der Waals surface area (Å²) in [5.74, 6) is 0.546. The van der Waals surface area contributed by atoms with Crippen molar-refractivity contribution < 1.29 is 19.3 Å². The molecular weight excluding hydrogens is 424 g/mol. The summed E-state index contributed by atoms with van der Waals surface area (Å²) in [6.45, 7) is 0. The first-order valence-electron chi connectivity index (χ1n) is 8.84. The fourth-order valence-electron chi connectivity index (χ4n) is 3.26. The van der Waals surface area contributed by atoms with Gasteiger partial charge in [0.15, 0.2) is 0 Å². The number of aromatic nitrogens is 2. The molecule has 4 aromatic rings. The van der Waals surface area contributed by atoms with E-state index in [1.54, 1.807) is 24.3 Å². The number of non-ortho nitro benzene ring substituents is 2. The van der Waals surface area contributed by atoms with Gasteiger partial charge >= 0.3 is 0 Å². The van der Waals surface area contributed by atoms with Gasteiger partial charge in [-0.05, 0) is 24.3 Å². The van der Waals surface area contributed by atoms with Crippen molar-refractivity contribution in [3.63, 3.8) is 0 Å². The van der Waals surface area contributed by atoms with Crippen molar-refractivity contribution in [3.05, 3.63) is 69.0 Å². The minimum Gasteiger partial charge on any atom is -0.495 e. The Morgan fingerprint density at radius 3 is 1.58 bits per heavy atom. The first-order valence-corrected chi connectivity index (χ1v) is 9.66. The summed E-state index contributed by atoms with van der Waals surface area (Å²) in [6, 6.07) is 9.38. The average Bonchev–Trinajstić information content (AvgIpc) is 2.78. The predicted molar refractivity (Wildman–Crippen MR) is 114 cm³/mol. The lowest BCUT2D eigenvalue weighted by molar-refractivity contribution is -0.383. The molecule has 156 valence electrons. The van der Waals surface area contributed by atoms with Gasteiger partial charge in [0.25, 0.3) is 11.4 Å². The molecule has 0 saturated heterocycles. The smallest absolute Gasteiger partial charge is 0.299 e. The zero-order chi connectivity index (χ0) is 22.1. The maximum absolute atomic E-state index is 11.5. The number of pyridine rings is 2. The van der Waals surface area contributed by atoms with E-state index in [1.807, 2.05) is 0 Å². The van der Waals surface area contributed by atoms with Crippen LogP contribution < -0.4 is 9.47 Å². The Bertz CT molecular complexity index is 1260. The molecule has 0 amide bonds. The van der Waals surface area contributed by atoms with Crippen molar-refractivity contribution >= 4 is 44.9 Å². The number of ether oxygens (including phenoxy) is 2. The number of nitrogens with zero attached hydrogens (tertiary/aromatic N) is 4. The molecule has 4 rings (SSSR count). The molecular formula is C20H14N4O6S. The number of hydrogen-bond acceptors (Lipinski definition) is 9. The Kier molecular flexibility index (Phi) is 5.26. The molecule has 2 aromatic carbocycles. The predicted octanol–water partition coefficient (Wildman–Crippen LogP) is 4.77. The first-order chi connectivity index (χ1) is 15.0. The van der Waals surface area contributed by atoms with Crippen LogP contribution in [0.1, 0.15) is 0 Å². The van der Waals surface area contributed by atoms with Crippen LogP contribution in [0, 0.1) is 20.2 Å². The molecule has 0 N–H and O–H groups in total. The van der Waals surface area contributed by atoms with Crippen LogP contribution in [0.15, 0.2) is 58.6 Å². The van der Waals surface area contributed by atoms with Gasteiger partial charge in [-0.1, -0.05) is 11.8 Å². The second-order valence-electron chi connectivity index (χ2n) is 6.27. The van der Waals surface area contributed by atoms with E-state index in [-0.39, 0.29) is 33.9 Å². The fraction of sp³-hybridized carbons (Fsp3) is 0.100. The molecule has 0 spiro atoms. The maximum Gasteiger partial charge on any atom is 0.299 e. The maximum atomic E-state index is 11.5. The minimum absolute atomic E-state index is 0.181. The van der Waals surface area contributed by atoms with E-state index in [9.17, 15) is 20.2 Å². The number of nitro groups is 2. The molecule has 0 saturated carbocycles. The van der Waals surface area contributed by atoms with Crippen molar-refractivity contribution in [2.75, 3.05) is 14.2 Å². The third kappa shape index (κ3) is 3.44. The van der Waals surface area contributed by atoms with Crippen LogP contribution in [0.25, 0.3) is 21.8 Å². The quantitative estimate of drug-likeness (QED) is 0.308. The summed E-state index contributed by atoms with van der Waals surface area (Å²) < 4.78 is 10.9. The Morgan fingerprint density at radius 2 is 1.23 bits per heavy atom. The summed E-state index contributed by atoms with van der Waals surface area (Å²) in [6.07, 6.45) is 2.95. The number of methoxy groups -OCH3 is 2. The van der Waals surface area contributed by atoms with E-state index >= 15 is 0 Å². The SMILES string of the molecule is COc1cc([N+](=O)[O-])c2ncccc2c1Sc1c(OC)cc([N+](=O)[O-])c2ncccc12. The van der Waals surface area contributed by atoms with Gasteiger partial charge in [-0.3, -0.25) is 20.2 Å². The molecule has 0 unspecified atom stereocenters. The molecule has 0 aliphatic heterocycles. The highest BCUT2D eigenvalue weighted by Gasteiger charge is 2.25. The van der Waals surface area contributed by atoms with Gasteiger partial charge < -0.3 is 9.47 Å². The van der Waals surface area contributed by atoms with Crippen LogP contribution in [-0.2, 0) is 0 Å². The monoisotopic (exact) mass is 438 g/mol. The lowest BCUT2D eigenvalue weighted by Gasteiger charge is -2.15. The van der Waals surface area contributed by atoms with E-state index < -0.39 is 9.85 Å². The summed E-state index contributed by atoms with van der Waals surface area (Å²) in [7, 11) is 2.83. The zero-order valence-electron chi connectivity index (χ0n) is 16.3. The van der Waals surface area contributed by atoms with E-state index in [2.05, 4.69) is 9.97 Å². The van der Waals surface area contributed by atoms with Gasteiger partial charge in [-0.25, -0.2) is 9.97 Å². The molecule has 2 aromatic heterocycles. The lowest BCUT2D eigenvalue weighted by Crippen LogP contribution is -1.98. The molecule has 0 fully saturated rings. The first kappa shape index (κ1) is 20.3. The molecule has 0 bridgehead atoms. The van der Waals surface area contributed by atoms with Gasteiger partial charge in [0.05, 0.1) is 46.0 Å². The van der Waals surface area contributed by atoms with Gasteiger partial charge in [0.2, 0.25) is 0 Å². The number of rotatable bonds is 6. The Hall–Kier alpha value is -3.99. The molecule has 0 atom stereocenters. The highest BCUT2D eigenvalue weighted by molar-refractivity contribution is 8.00. The highest BCUT2D eigenvalue weighted by Crippen LogP contribution is 2.49. The summed E-state index contributed by atoms with van der Waals surface area (Å²) in [5, 5.41) is 24.1. The number of nitro benzene ring substituents is 2. The topological polar surface area (TPSA) is 131 Å². The van der Waals surface area contributed by atoms with Crippen LogP contribution in [0.2, 0.25) is 0 Å². The second-order valence-corrected chi connectivity index (χ2v) is 7.29. The lowest BCUT2D eigenvalue weighted by atomic mass is 10.1. The van der Waals surface area contributed by atoms with Crippen LogP contribution >= 0.6 is 11.8 Å². The van der Waals surface area contributed by atoms with Crippen molar-refractivity contribution in [1.82, 2.24) is 9.97 Å². The fourth-order valence-corrected chi connectivity index (χ4v) is 4.50. The standard InChI is InChI=1S/C20H14N4O6S/c1-29-15-9-13(23(25)26)17-11(5-3-7-21-17)19(15)31-20-12-6-4-8-22-18(12)14(24(27)28)10-16(20)30-2/h3-10H,1-2H3. The van der Waals surface area contributed by atoms with Crippen LogP contribution in [-0.4, -0.2) is 34.0 Å². The van der Waals surface area contributed by atoms with E-state index in [4.69, 9.17) is 9.47 Å². The average molecular weight is 438 g/mol. The molecule has 10 nitrogen and oxygen atoms in total. The normalized spacial score (nSPS) is 10.9. The van der Waals surface area contributed by atoms with Crippen molar-refractivity contribution in [3.8, 4) is 11.5 Å². The summed E-state index contributed by atoms with van der Waals surface area (Å²) >= 11 is 1.21. The van der Waals surface area contributed by atoms with Gasteiger partial charge in [0.1, 0.15) is 22.5 Å².